The minimum absolute atomic E-state index is 0.00372. The fraction of sp³-hybridized carbons (Fsp3) is 0. The van der Waals surface area contributed by atoms with Gasteiger partial charge < -0.3 is 13.8 Å². The number of furan rings is 1. The molecule has 230 valence electrons. The molecular weight excluding hydrogens is 607 g/mol. The van der Waals surface area contributed by atoms with E-state index < -0.39 is 0 Å². The first-order valence-corrected chi connectivity index (χ1v) is 17.3. The molecule has 2 aliphatic rings. The van der Waals surface area contributed by atoms with Crippen molar-refractivity contribution in [3.8, 4) is 27.9 Å². The Bertz CT molecular complexity index is 3060. The Kier molecular flexibility index (Phi) is 5.05. The Morgan fingerprint density at radius 3 is 2.10 bits per heavy atom. The van der Waals surface area contributed by atoms with Gasteiger partial charge in [-0.1, -0.05) is 115 Å². The average Bonchev–Trinajstić information content (AvgIpc) is 3.74. The standard InChI is InChI=1S/C46H27BN2O/c1-2-13-30(14-3-1)49-39-19-9-6-16-32(39)37-27-36(29-23-24-34-33-17-7-11-21-41(33)50-42(34)26-29)43-35-25-22-28-12-4-5-15-31(28)45(35)48-40-20-10-8-18-38(40)47(49)44(37)46(43)48/h1-27H. The van der Waals surface area contributed by atoms with Gasteiger partial charge in [-0.25, -0.2) is 0 Å². The smallest absolute Gasteiger partial charge is 0.333 e. The number of hydrogen-bond acceptors (Lipinski definition) is 2. The lowest BCUT2D eigenvalue weighted by atomic mass is 9.44. The highest BCUT2D eigenvalue weighted by molar-refractivity contribution is 6.93. The van der Waals surface area contributed by atoms with Crippen molar-refractivity contribution in [1.29, 1.82) is 0 Å². The molecule has 0 spiro atoms. The average molecular weight is 635 g/mol. The molecule has 0 unspecified atom stereocenters. The summed E-state index contributed by atoms with van der Waals surface area (Å²) >= 11 is 0. The minimum atomic E-state index is -0.00372. The maximum Gasteiger partial charge on any atom is 0.333 e. The lowest BCUT2D eigenvalue weighted by Gasteiger charge is -2.42. The SMILES string of the molecule is c1ccc(N2B3c4ccccc4-n4c5c3c(cc(-c3ccc6c(c3)oc3ccccc36)c5c3ccc5ccccc5c34)-c3ccccc32)cc1. The van der Waals surface area contributed by atoms with Gasteiger partial charge in [0.25, 0.3) is 0 Å². The monoisotopic (exact) mass is 634 g/mol. The molecule has 50 heavy (non-hydrogen) atoms. The molecule has 0 fully saturated rings. The van der Waals surface area contributed by atoms with E-state index >= 15 is 0 Å². The molecule has 2 aromatic heterocycles. The van der Waals surface area contributed by atoms with E-state index in [2.05, 4.69) is 167 Å². The normalized spacial score (nSPS) is 13.1. The molecule has 0 amide bonds. The third kappa shape index (κ3) is 3.30. The first-order valence-electron chi connectivity index (χ1n) is 17.3. The zero-order valence-corrected chi connectivity index (χ0v) is 27.0. The Balaban J connectivity index is 1.30. The Morgan fingerprint density at radius 1 is 0.460 bits per heavy atom. The first-order chi connectivity index (χ1) is 24.8. The molecule has 3 nitrogen and oxygen atoms in total. The van der Waals surface area contributed by atoms with Gasteiger partial charge >= 0.3 is 6.85 Å². The summed E-state index contributed by atoms with van der Waals surface area (Å²) in [5, 5.41) is 7.35. The van der Waals surface area contributed by atoms with Gasteiger partial charge in [-0.15, -0.1) is 0 Å². The van der Waals surface area contributed by atoms with Gasteiger partial charge in [0.1, 0.15) is 11.2 Å². The number of hydrogen-bond donors (Lipinski definition) is 0. The molecule has 8 aromatic carbocycles. The van der Waals surface area contributed by atoms with Crippen LogP contribution in [0.25, 0.3) is 82.5 Å². The first kappa shape index (κ1) is 26.4. The van der Waals surface area contributed by atoms with Crippen LogP contribution in [0.1, 0.15) is 0 Å². The molecular formula is C46H27BN2O. The third-order valence-electron chi connectivity index (χ3n) is 11.1. The summed E-state index contributed by atoms with van der Waals surface area (Å²) in [5.41, 5.74) is 15.6. The van der Waals surface area contributed by atoms with E-state index in [1.165, 1.54) is 77.3 Å². The summed E-state index contributed by atoms with van der Waals surface area (Å²) < 4.78 is 9.05. The van der Waals surface area contributed by atoms with E-state index in [1.54, 1.807) is 0 Å². The molecule has 0 atom stereocenters. The van der Waals surface area contributed by atoms with E-state index in [-0.39, 0.29) is 6.85 Å². The number of para-hydroxylation sites is 4. The van der Waals surface area contributed by atoms with Crippen LogP contribution < -0.4 is 15.7 Å². The van der Waals surface area contributed by atoms with Crippen LogP contribution in [-0.4, -0.2) is 11.4 Å². The second kappa shape index (κ2) is 9.55. The molecule has 0 bridgehead atoms. The summed E-state index contributed by atoms with van der Waals surface area (Å²) in [5.74, 6) is 0. The largest absolute Gasteiger partial charge is 0.456 e. The van der Waals surface area contributed by atoms with Crippen molar-refractivity contribution >= 4 is 83.7 Å². The van der Waals surface area contributed by atoms with E-state index in [0.29, 0.717) is 0 Å². The van der Waals surface area contributed by atoms with Gasteiger partial charge in [-0.05, 0) is 81.5 Å². The summed E-state index contributed by atoms with van der Waals surface area (Å²) in [6.45, 7) is -0.00372. The number of benzene rings is 8. The Morgan fingerprint density at radius 2 is 1.18 bits per heavy atom. The Hall–Kier alpha value is -6.52. The van der Waals surface area contributed by atoms with Gasteiger partial charge in [0, 0.05) is 49.6 Å². The Labute approximate surface area is 288 Å². The highest BCUT2D eigenvalue weighted by Gasteiger charge is 2.44. The second-order valence-electron chi connectivity index (χ2n) is 13.6. The summed E-state index contributed by atoms with van der Waals surface area (Å²) in [6.07, 6.45) is 0. The van der Waals surface area contributed by atoms with Gasteiger partial charge in [0.15, 0.2) is 0 Å². The van der Waals surface area contributed by atoms with Crippen LogP contribution in [-0.2, 0) is 0 Å². The van der Waals surface area contributed by atoms with Crippen LogP contribution in [0, 0.1) is 0 Å². The molecule has 0 N–H and O–H groups in total. The van der Waals surface area contributed by atoms with Gasteiger partial charge in [-0.2, -0.15) is 0 Å². The number of fused-ring (bicyclic) bond motifs is 13. The predicted octanol–water partition coefficient (Wildman–Crippen LogP) is 10.7. The van der Waals surface area contributed by atoms with Crippen LogP contribution in [0.2, 0.25) is 0 Å². The van der Waals surface area contributed by atoms with E-state index in [9.17, 15) is 0 Å². The van der Waals surface area contributed by atoms with Crippen molar-refractivity contribution in [3.63, 3.8) is 0 Å². The minimum Gasteiger partial charge on any atom is -0.456 e. The number of nitrogens with zero attached hydrogens (tertiary/aromatic N) is 2. The van der Waals surface area contributed by atoms with E-state index in [0.717, 1.165) is 27.5 Å². The summed E-state index contributed by atoms with van der Waals surface area (Å²) in [7, 11) is 0. The number of anilines is 2. The molecule has 12 rings (SSSR count). The van der Waals surface area contributed by atoms with Gasteiger partial charge in [0.05, 0.1) is 11.0 Å². The van der Waals surface area contributed by atoms with Gasteiger partial charge in [0.2, 0.25) is 0 Å². The molecule has 0 aliphatic carbocycles. The zero-order chi connectivity index (χ0) is 32.5. The molecule has 2 aliphatic heterocycles. The number of aromatic nitrogens is 1. The van der Waals surface area contributed by atoms with Crippen molar-refractivity contribution in [3.05, 3.63) is 164 Å². The lowest BCUT2D eigenvalue weighted by Crippen LogP contribution is -2.60. The maximum atomic E-state index is 6.47. The van der Waals surface area contributed by atoms with Crippen LogP contribution in [0.15, 0.2) is 168 Å². The third-order valence-corrected chi connectivity index (χ3v) is 11.1. The zero-order valence-electron chi connectivity index (χ0n) is 27.0. The molecule has 4 heteroatoms. The van der Waals surface area contributed by atoms with Crippen molar-refractivity contribution < 1.29 is 4.42 Å². The summed E-state index contributed by atoms with van der Waals surface area (Å²) in [4.78, 5) is 2.56. The van der Waals surface area contributed by atoms with Crippen LogP contribution >= 0.6 is 0 Å². The molecule has 0 saturated heterocycles. The summed E-state index contributed by atoms with van der Waals surface area (Å²) in [6, 6.07) is 59.9. The van der Waals surface area contributed by atoms with Gasteiger partial charge in [-0.3, -0.25) is 0 Å². The highest BCUT2D eigenvalue weighted by Crippen LogP contribution is 2.49. The van der Waals surface area contributed by atoms with Crippen LogP contribution in [0.5, 0.6) is 0 Å². The predicted molar refractivity (Wildman–Crippen MR) is 210 cm³/mol. The van der Waals surface area contributed by atoms with Crippen molar-refractivity contribution in [2.45, 2.75) is 0 Å². The van der Waals surface area contributed by atoms with E-state index in [4.69, 9.17) is 4.42 Å². The van der Waals surface area contributed by atoms with E-state index in [1.807, 2.05) is 6.07 Å². The van der Waals surface area contributed by atoms with Crippen LogP contribution in [0.4, 0.5) is 11.4 Å². The fourth-order valence-electron chi connectivity index (χ4n) is 9.13. The molecule has 0 radical (unpaired) electrons. The number of rotatable bonds is 2. The fourth-order valence-corrected chi connectivity index (χ4v) is 9.13. The molecule has 4 heterocycles. The highest BCUT2D eigenvalue weighted by atomic mass is 16.3. The van der Waals surface area contributed by atoms with Crippen molar-refractivity contribution in [2.75, 3.05) is 4.81 Å². The van der Waals surface area contributed by atoms with Crippen molar-refractivity contribution in [2.24, 2.45) is 0 Å². The maximum absolute atomic E-state index is 6.47. The molecule has 0 saturated carbocycles. The topological polar surface area (TPSA) is 21.3 Å². The molecule has 10 aromatic rings. The second-order valence-corrected chi connectivity index (χ2v) is 13.6. The van der Waals surface area contributed by atoms with Crippen LogP contribution in [0.3, 0.4) is 0 Å². The quantitative estimate of drug-likeness (QED) is 0.177. The lowest BCUT2D eigenvalue weighted by molar-refractivity contribution is 0.669. The van der Waals surface area contributed by atoms with Crippen molar-refractivity contribution in [1.82, 2.24) is 4.57 Å².